The molecule has 1 saturated heterocycles. The first-order chi connectivity index (χ1) is 12.1. The van der Waals surface area contributed by atoms with Crippen molar-refractivity contribution < 1.29 is 13.9 Å². The van der Waals surface area contributed by atoms with Crippen LogP contribution in [-0.2, 0) is 13.2 Å². The molecule has 0 unspecified atom stereocenters. The van der Waals surface area contributed by atoms with Crippen LogP contribution in [0.3, 0.4) is 0 Å². The van der Waals surface area contributed by atoms with E-state index in [1.54, 1.807) is 22.9 Å². The van der Waals surface area contributed by atoms with Crippen molar-refractivity contribution in [3.05, 3.63) is 47.5 Å². The van der Waals surface area contributed by atoms with Crippen molar-refractivity contribution in [3.8, 4) is 5.75 Å². The Morgan fingerprint density at radius 2 is 2.16 bits per heavy atom. The smallest absolute Gasteiger partial charge is 0.272 e. The summed E-state index contributed by atoms with van der Waals surface area (Å²) in [6.07, 6.45) is 1.02. The highest BCUT2D eigenvalue weighted by molar-refractivity contribution is 5.93. The Balaban J connectivity index is 1.45. The lowest BCUT2D eigenvalue weighted by molar-refractivity contribution is 0.0618. The van der Waals surface area contributed by atoms with Crippen molar-refractivity contribution in [3.63, 3.8) is 0 Å². The van der Waals surface area contributed by atoms with Crippen LogP contribution in [-0.4, -0.2) is 58.2 Å². The summed E-state index contributed by atoms with van der Waals surface area (Å²) >= 11 is 0. The summed E-state index contributed by atoms with van der Waals surface area (Å²) in [6, 6.07) is 8.07. The first kappa shape index (κ1) is 16.1. The highest BCUT2D eigenvalue weighted by Crippen LogP contribution is 2.22. The molecule has 2 aliphatic rings. The van der Waals surface area contributed by atoms with Crippen molar-refractivity contribution in [1.82, 2.24) is 19.6 Å². The summed E-state index contributed by atoms with van der Waals surface area (Å²) in [7, 11) is 2.08. The molecule has 0 aliphatic carbocycles. The molecule has 1 atom stereocenters. The molecule has 1 amide bonds. The average Bonchev–Trinajstić information content (AvgIpc) is 3.20. The number of fused-ring (bicyclic) bond motifs is 1. The van der Waals surface area contributed by atoms with Gasteiger partial charge in [0.15, 0.2) is 0 Å². The number of likely N-dealkylation sites (N-methyl/N-ethyl adjacent to an activating group) is 1. The average molecular weight is 344 g/mol. The fourth-order valence-electron chi connectivity index (χ4n) is 3.56. The largest absolute Gasteiger partial charge is 0.487 e. The number of halogens is 1. The minimum atomic E-state index is -0.339. The lowest BCUT2D eigenvalue weighted by atomic mass is 10.1. The zero-order valence-electron chi connectivity index (χ0n) is 14.2. The Hall–Kier alpha value is -2.41. The van der Waals surface area contributed by atoms with Crippen molar-refractivity contribution >= 4 is 5.91 Å². The van der Waals surface area contributed by atoms with E-state index >= 15 is 0 Å². The number of carbonyl (C=O) groups excluding carboxylic acids is 1. The number of hydrogen-bond donors (Lipinski definition) is 0. The summed E-state index contributed by atoms with van der Waals surface area (Å²) < 4.78 is 20.5. The van der Waals surface area contributed by atoms with Gasteiger partial charge in [0.25, 0.3) is 5.91 Å². The molecule has 132 valence electrons. The van der Waals surface area contributed by atoms with Gasteiger partial charge >= 0.3 is 0 Å². The van der Waals surface area contributed by atoms with Crippen LogP contribution in [0, 0.1) is 5.82 Å². The number of benzene rings is 1. The molecule has 0 spiro atoms. The SMILES string of the molecule is CN1CC[C@@H](N2CCn3nc(COc4cccc(F)c4)cc3C2=O)C1. The van der Waals surface area contributed by atoms with E-state index in [0.717, 1.165) is 19.5 Å². The van der Waals surface area contributed by atoms with Gasteiger partial charge < -0.3 is 14.5 Å². The lowest BCUT2D eigenvalue weighted by Crippen LogP contribution is -2.47. The number of likely N-dealkylation sites (tertiary alicyclic amines) is 1. The molecule has 1 aromatic carbocycles. The van der Waals surface area contributed by atoms with Crippen LogP contribution in [0.2, 0.25) is 0 Å². The van der Waals surface area contributed by atoms with Crippen molar-refractivity contribution in [2.45, 2.75) is 25.6 Å². The fraction of sp³-hybridized carbons (Fsp3) is 0.444. The lowest BCUT2D eigenvalue weighted by Gasteiger charge is -2.32. The molecule has 0 bridgehead atoms. The van der Waals surface area contributed by atoms with Gasteiger partial charge in [0.2, 0.25) is 0 Å². The highest BCUT2D eigenvalue weighted by atomic mass is 19.1. The maximum absolute atomic E-state index is 13.2. The summed E-state index contributed by atoms with van der Waals surface area (Å²) in [5.41, 5.74) is 1.29. The number of ether oxygens (including phenoxy) is 1. The van der Waals surface area contributed by atoms with Crippen LogP contribution < -0.4 is 4.74 Å². The third-order valence-corrected chi connectivity index (χ3v) is 4.85. The Bertz CT molecular complexity index is 791. The molecule has 2 aromatic rings. The molecule has 0 radical (unpaired) electrons. The number of carbonyl (C=O) groups is 1. The Morgan fingerprint density at radius 1 is 1.28 bits per heavy atom. The molecule has 6 nitrogen and oxygen atoms in total. The van der Waals surface area contributed by atoms with Crippen LogP contribution in [0.1, 0.15) is 22.6 Å². The number of hydrogen-bond acceptors (Lipinski definition) is 4. The number of nitrogens with zero attached hydrogens (tertiary/aromatic N) is 4. The van der Waals surface area contributed by atoms with Crippen molar-refractivity contribution in [1.29, 1.82) is 0 Å². The first-order valence-electron chi connectivity index (χ1n) is 8.55. The third kappa shape index (κ3) is 3.24. The summed E-state index contributed by atoms with van der Waals surface area (Å²) in [4.78, 5) is 17.0. The van der Waals surface area contributed by atoms with Crippen molar-refractivity contribution in [2.75, 3.05) is 26.7 Å². The summed E-state index contributed by atoms with van der Waals surface area (Å²) in [5.74, 6) is 0.151. The van der Waals surface area contributed by atoms with Gasteiger partial charge in [-0.2, -0.15) is 5.10 Å². The Morgan fingerprint density at radius 3 is 2.92 bits per heavy atom. The predicted molar refractivity (Wildman–Crippen MR) is 89.9 cm³/mol. The highest BCUT2D eigenvalue weighted by Gasteiger charge is 2.34. The second-order valence-electron chi connectivity index (χ2n) is 6.69. The molecule has 0 N–H and O–H groups in total. The van der Waals surface area contributed by atoms with Gasteiger partial charge in [0, 0.05) is 25.2 Å². The number of rotatable bonds is 4. The zero-order valence-corrected chi connectivity index (χ0v) is 14.2. The van der Waals surface area contributed by atoms with Gasteiger partial charge in [-0.15, -0.1) is 0 Å². The molecule has 1 aromatic heterocycles. The molecule has 7 heteroatoms. The molecule has 3 heterocycles. The second-order valence-corrected chi connectivity index (χ2v) is 6.69. The van der Waals surface area contributed by atoms with Crippen molar-refractivity contribution in [2.24, 2.45) is 0 Å². The van der Waals surface area contributed by atoms with Crippen LogP contribution in [0.5, 0.6) is 5.75 Å². The quantitative estimate of drug-likeness (QED) is 0.848. The Labute approximate surface area is 145 Å². The van der Waals surface area contributed by atoms with Gasteiger partial charge in [-0.25, -0.2) is 4.39 Å². The number of aromatic nitrogens is 2. The maximum Gasteiger partial charge on any atom is 0.272 e. The van der Waals surface area contributed by atoms with E-state index in [2.05, 4.69) is 17.0 Å². The monoisotopic (exact) mass is 344 g/mol. The molecular weight excluding hydrogens is 323 g/mol. The predicted octanol–water partition coefficient (Wildman–Crippen LogP) is 1.76. The van der Waals surface area contributed by atoms with E-state index in [1.165, 1.54) is 12.1 Å². The van der Waals surface area contributed by atoms with Crippen LogP contribution in [0.15, 0.2) is 30.3 Å². The van der Waals surface area contributed by atoms with Gasteiger partial charge in [0.1, 0.15) is 29.6 Å². The van der Waals surface area contributed by atoms with Crippen LogP contribution in [0.4, 0.5) is 4.39 Å². The van der Waals surface area contributed by atoms with E-state index in [4.69, 9.17) is 4.74 Å². The molecule has 4 rings (SSSR count). The molecule has 1 fully saturated rings. The minimum absolute atomic E-state index is 0.0380. The van der Waals surface area contributed by atoms with Gasteiger partial charge in [-0.3, -0.25) is 9.48 Å². The normalized spacial score (nSPS) is 20.8. The standard InChI is InChI=1S/C18H21FN4O2/c1-21-6-5-15(11-21)22-7-8-23-17(18(22)24)10-14(20-23)12-25-16-4-2-3-13(19)9-16/h2-4,9-10,15H,5-8,11-12H2,1H3/t15-/m1/s1. The molecule has 25 heavy (non-hydrogen) atoms. The van der Waals surface area contributed by atoms with E-state index < -0.39 is 0 Å². The fourth-order valence-corrected chi connectivity index (χ4v) is 3.56. The van der Waals surface area contributed by atoms with Gasteiger partial charge in [-0.1, -0.05) is 6.07 Å². The van der Waals surface area contributed by atoms with Gasteiger partial charge in [0.05, 0.1) is 6.54 Å². The Kier molecular flexibility index (Phi) is 4.17. The second kappa shape index (κ2) is 6.48. The topological polar surface area (TPSA) is 50.6 Å². The molecule has 2 aliphatic heterocycles. The molecule has 0 saturated carbocycles. The summed E-state index contributed by atoms with van der Waals surface area (Å²) in [6.45, 7) is 3.55. The minimum Gasteiger partial charge on any atom is -0.487 e. The van der Waals surface area contributed by atoms with E-state index in [0.29, 0.717) is 30.2 Å². The van der Waals surface area contributed by atoms with E-state index in [-0.39, 0.29) is 24.4 Å². The van der Waals surface area contributed by atoms with Crippen LogP contribution >= 0.6 is 0 Å². The summed E-state index contributed by atoms with van der Waals surface area (Å²) in [5, 5.41) is 4.45. The van der Waals surface area contributed by atoms with Gasteiger partial charge in [-0.05, 0) is 38.2 Å². The van der Waals surface area contributed by atoms with E-state index in [9.17, 15) is 9.18 Å². The third-order valence-electron chi connectivity index (χ3n) is 4.85. The maximum atomic E-state index is 13.2. The first-order valence-corrected chi connectivity index (χ1v) is 8.55. The zero-order chi connectivity index (χ0) is 17.4. The van der Waals surface area contributed by atoms with E-state index in [1.807, 2.05) is 4.90 Å². The molecular formula is C18H21FN4O2. The van der Waals surface area contributed by atoms with Crippen LogP contribution in [0.25, 0.3) is 0 Å². The number of amides is 1.